The maximum Gasteiger partial charge on any atom is 0.273 e. The summed E-state index contributed by atoms with van der Waals surface area (Å²) in [7, 11) is -3.71. The smallest absolute Gasteiger partial charge is 0.273 e. The summed E-state index contributed by atoms with van der Waals surface area (Å²) >= 11 is 1.19. The molecule has 1 aromatic heterocycles. The van der Waals surface area contributed by atoms with E-state index in [2.05, 4.69) is 4.98 Å². The third-order valence-electron chi connectivity index (χ3n) is 4.97. The molecule has 3 aromatic rings. The van der Waals surface area contributed by atoms with E-state index in [1.807, 2.05) is 6.07 Å². The van der Waals surface area contributed by atoms with Crippen molar-refractivity contribution in [2.75, 3.05) is 26.2 Å². The van der Waals surface area contributed by atoms with E-state index in [9.17, 15) is 17.6 Å². The number of hydrogen-bond acceptors (Lipinski definition) is 6. The fraction of sp³-hybridized carbons (Fsp3) is 0.190. The second-order valence-corrected chi connectivity index (χ2v) is 9.65. The van der Waals surface area contributed by atoms with E-state index in [-0.39, 0.29) is 42.7 Å². The molecule has 0 spiro atoms. The number of carbonyl (C=O) groups is 1. The number of aromatic nitrogens is 1. The molecule has 0 atom stereocenters. The number of halogens is 1. The van der Waals surface area contributed by atoms with Crippen LogP contribution in [0.1, 0.15) is 16.1 Å². The van der Waals surface area contributed by atoms with Gasteiger partial charge in [-0.3, -0.25) is 4.79 Å². The van der Waals surface area contributed by atoms with Crippen LogP contribution in [0.2, 0.25) is 0 Å². The first-order valence-electron chi connectivity index (χ1n) is 9.40. The van der Waals surface area contributed by atoms with E-state index in [0.29, 0.717) is 16.1 Å². The Morgan fingerprint density at radius 1 is 1.06 bits per heavy atom. The summed E-state index contributed by atoms with van der Waals surface area (Å²) < 4.78 is 40.9. The average Bonchev–Trinajstić information content (AvgIpc) is 3.29. The van der Waals surface area contributed by atoms with Crippen molar-refractivity contribution in [3.05, 3.63) is 71.0 Å². The second kappa shape index (κ2) is 8.55. The third kappa shape index (κ3) is 4.20. The highest BCUT2D eigenvalue weighted by Gasteiger charge is 2.31. The van der Waals surface area contributed by atoms with E-state index in [1.54, 1.807) is 28.5 Å². The Bertz CT molecular complexity index is 1260. The number of nitriles is 1. The molecule has 31 heavy (non-hydrogen) atoms. The van der Waals surface area contributed by atoms with Crippen molar-refractivity contribution >= 4 is 27.3 Å². The van der Waals surface area contributed by atoms with Gasteiger partial charge in [0.1, 0.15) is 16.5 Å². The largest absolute Gasteiger partial charge is 0.335 e. The van der Waals surface area contributed by atoms with Crippen LogP contribution < -0.4 is 0 Å². The van der Waals surface area contributed by atoms with E-state index in [0.717, 1.165) is 0 Å². The summed E-state index contributed by atoms with van der Waals surface area (Å²) in [6.45, 7) is 0.749. The lowest BCUT2D eigenvalue weighted by Crippen LogP contribution is -2.50. The van der Waals surface area contributed by atoms with Gasteiger partial charge in [-0.2, -0.15) is 9.57 Å². The van der Waals surface area contributed by atoms with Crippen LogP contribution in [0.3, 0.4) is 0 Å². The number of thiazole rings is 1. The number of piperazine rings is 1. The molecule has 1 saturated heterocycles. The molecule has 2 aromatic carbocycles. The highest BCUT2D eigenvalue weighted by atomic mass is 32.2. The number of benzene rings is 2. The van der Waals surface area contributed by atoms with Crippen LogP contribution in [-0.4, -0.2) is 54.7 Å². The molecule has 0 unspecified atom stereocenters. The molecule has 7 nitrogen and oxygen atoms in total. The molecule has 1 fully saturated rings. The van der Waals surface area contributed by atoms with Gasteiger partial charge in [0.05, 0.1) is 16.5 Å². The lowest BCUT2D eigenvalue weighted by Gasteiger charge is -2.33. The van der Waals surface area contributed by atoms with Gasteiger partial charge in [0.25, 0.3) is 5.91 Å². The van der Waals surface area contributed by atoms with Gasteiger partial charge >= 0.3 is 0 Å². The number of hydrogen-bond donors (Lipinski definition) is 0. The van der Waals surface area contributed by atoms with Crippen molar-refractivity contribution < 1.29 is 17.6 Å². The molecule has 0 aliphatic carbocycles. The Morgan fingerprint density at radius 3 is 2.39 bits per heavy atom. The highest BCUT2D eigenvalue weighted by Crippen LogP contribution is 2.27. The van der Waals surface area contributed by atoms with Crippen LogP contribution in [0.25, 0.3) is 10.6 Å². The lowest BCUT2D eigenvalue weighted by molar-refractivity contribution is 0.0693. The third-order valence-corrected chi connectivity index (χ3v) is 7.76. The fourth-order valence-corrected chi connectivity index (χ4v) is 5.52. The average molecular weight is 457 g/mol. The Labute approximate surface area is 183 Å². The number of nitrogens with zero attached hydrogens (tertiary/aromatic N) is 4. The summed E-state index contributed by atoms with van der Waals surface area (Å²) in [5.74, 6) is -0.716. The van der Waals surface area contributed by atoms with Gasteiger partial charge in [-0.25, -0.2) is 17.8 Å². The van der Waals surface area contributed by atoms with Crippen molar-refractivity contribution in [1.82, 2.24) is 14.2 Å². The van der Waals surface area contributed by atoms with Gasteiger partial charge in [-0.1, -0.05) is 12.1 Å². The zero-order valence-corrected chi connectivity index (χ0v) is 17.9. The van der Waals surface area contributed by atoms with E-state index < -0.39 is 15.8 Å². The monoisotopic (exact) mass is 456 g/mol. The SMILES string of the molecule is N#Cc1ccc(S(=O)(=O)N2CCN(C(=O)c3csc(-c4ccccc4F)n3)CC2)cc1. The highest BCUT2D eigenvalue weighted by molar-refractivity contribution is 7.89. The zero-order chi connectivity index (χ0) is 22.0. The first-order valence-corrected chi connectivity index (χ1v) is 11.7. The topological polar surface area (TPSA) is 94.4 Å². The van der Waals surface area contributed by atoms with Crippen molar-refractivity contribution in [3.8, 4) is 16.6 Å². The Balaban J connectivity index is 1.43. The molecule has 1 amide bonds. The van der Waals surface area contributed by atoms with Gasteiger partial charge in [0.2, 0.25) is 10.0 Å². The molecular weight excluding hydrogens is 439 g/mol. The summed E-state index contributed by atoms with van der Waals surface area (Å²) in [5, 5.41) is 10.9. The molecule has 2 heterocycles. The minimum Gasteiger partial charge on any atom is -0.335 e. The fourth-order valence-electron chi connectivity index (χ4n) is 3.27. The van der Waals surface area contributed by atoms with E-state index in [1.165, 1.54) is 46.0 Å². The van der Waals surface area contributed by atoms with Crippen LogP contribution in [0.15, 0.2) is 58.8 Å². The van der Waals surface area contributed by atoms with Gasteiger partial charge in [0.15, 0.2) is 0 Å². The molecule has 0 bridgehead atoms. The Hall–Kier alpha value is -3.13. The Kier molecular flexibility index (Phi) is 5.82. The van der Waals surface area contributed by atoms with Crippen molar-refractivity contribution in [2.24, 2.45) is 0 Å². The normalized spacial score (nSPS) is 14.9. The van der Waals surface area contributed by atoms with E-state index >= 15 is 0 Å². The molecule has 0 saturated carbocycles. The van der Waals surface area contributed by atoms with Gasteiger partial charge in [-0.15, -0.1) is 11.3 Å². The van der Waals surface area contributed by atoms with Crippen LogP contribution in [0.5, 0.6) is 0 Å². The standard InChI is InChI=1S/C21H17FN4O3S2/c22-18-4-2-1-3-17(18)20-24-19(14-30-20)21(27)25-9-11-26(12-10-25)31(28,29)16-7-5-15(13-23)6-8-16/h1-8,14H,9-12H2. The van der Waals surface area contributed by atoms with Gasteiger partial charge in [0, 0.05) is 37.1 Å². The van der Waals surface area contributed by atoms with Crippen molar-refractivity contribution in [3.63, 3.8) is 0 Å². The number of rotatable bonds is 4. The van der Waals surface area contributed by atoms with Crippen molar-refractivity contribution in [2.45, 2.75) is 4.90 Å². The summed E-state index contributed by atoms with van der Waals surface area (Å²) in [6, 6.07) is 13.9. The van der Waals surface area contributed by atoms with Crippen LogP contribution in [0.4, 0.5) is 4.39 Å². The Morgan fingerprint density at radius 2 is 1.74 bits per heavy atom. The lowest BCUT2D eigenvalue weighted by atomic mass is 10.2. The summed E-state index contributed by atoms with van der Waals surface area (Å²) in [4.78, 5) is 18.7. The van der Waals surface area contributed by atoms with Gasteiger partial charge in [-0.05, 0) is 36.4 Å². The van der Waals surface area contributed by atoms with Crippen LogP contribution in [-0.2, 0) is 10.0 Å². The predicted octanol–water partition coefficient (Wildman–Crippen LogP) is 2.97. The molecular formula is C21H17FN4O3S2. The minimum atomic E-state index is -3.71. The number of carbonyl (C=O) groups excluding carboxylic acids is 1. The first-order chi connectivity index (χ1) is 14.9. The van der Waals surface area contributed by atoms with Gasteiger partial charge < -0.3 is 4.90 Å². The first kappa shape index (κ1) is 21.1. The molecule has 4 rings (SSSR count). The van der Waals surface area contributed by atoms with Crippen molar-refractivity contribution in [1.29, 1.82) is 5.26 Å². The molecule has 10 heteroatoms. The summed E-state index contributed by atoms with van der Waals surface area (Å²) in [6.07, 6.45) is 0. The van der Waals surface area contributed by atoms with E-state index in [4.69, 9.17) is 5.26 Å². The maximum absolute atomic E-state index is 14.0. The van der Waals surface area contributed by atoms with Crippen LogP contribution in [0, 0.1) is 17.1 Å². The zero-order valence-electron chi connectivity index (χ0n) is 16.2. The molecule has 1 aliphatic rings. The van der Waals surface area contributed by atoms with Crippen LogP contribution >= 0.6 is 11.3 Å². The maximum atomic E-state index is 14.0. The summed E-state index contributed by atoms with van der Waals surface area (Å²) in [5.41, 5.74) is 0.934. The molecule has 0 N–H and O–H groups in total. The molecule has 0 radical (unpaired) electrons. The predicted molar refractivity (Wildman–Crippen MR) is 113 cm³/mol. The quantitative estimate of drug-likeness (QED) is 0.602. The second-order valence-electron chi connectivity index (χ2n) is 6.85. The number of amides is 1. The molecule has 158 valence electrons. The molecule has 1 aliphatic heterocycles. The minimum absolute atomic E-state index is 0.111. The number of sulfonamides is 1.